The molecule has 3 aromatic rings. The lowest BCUT2D eigenvalue weighted by Crippen LogP contribution is -2.54. The second-order valence-corrected chi connectivity index (χ2v) is 11.0. The van der Waals surface area contributed by atoms with Crippen LogP contribution in [0.15, 0.2) is 60.8 Å². The summed E-state index contributed by atoms with van der Waals surface area (Å²) < 4.78 is 58.0. The Morgan fingerprint density at radius 3 is 2.62 bits per heavy atom. The van der Waals surface area contributed by atoms with Crippen molar-refractivity contribution in [2.75, 3.05) is 9.80 Å². The van der Waals surface area contributed by atoms with E-state index in [1.165, 1.54) is 47.5 Å². The Bertz CT molecular complexity index is 1650. The summed E-state index contributed by atoms with van der Waals surface area (Å²) in [7, 11) is 0. The first kappa shape index (κ1) is 31.6. The molecule has 1 aromatic heterocycles. The number of hydrogen-bond acceptors (Lipinski definition) is 7. The molecule has 45 heavy (non-hydrogen) atoms. The van der Waals surface area contributed by atoms with Crippen molar-refractivity contribution in [1.29, 1.82) is 5.26 Å². The Kier molecular flexibility index (Phi) is 9.19. The lowest BCUT2D eigenvalue weighted by atomic mass is 9.87. The van der Waals surface area contributed by atoms with Crippen molar-refractivity contribution >= 4 is 41.0 Å². The second kappa shape index (κ2) is 13.1. The summed E-state index contributed by atoms with van der Waals surface area (Å²) in [4.78, 5) is 51.5. The van der Waals surface area contributed by atoms with Crippen LogP contribution in [0.25, 0.3) is 0 Å². The molecule has 2 heterocycles. The third kappa shape index (κ3) is 7.15. The molecule has 234 valence electrons. The Balaban J connectivity index is 1.55. The summed E-state index contributed by atoms with van der Waals surface area (Å²) in [6.45, 7) is -3.19. The van der Waals surface area contributed by atoms with Gasteiger partial charge in [-0.2, -0.15) is 14.0 Å². The molecule has 1 aliphatic heterocycles. The van der Waals surface area contributed by atoms with Crippen LogP contribution in [-0.2, 0) is 14.4 Å². The van der Waals surface area contributed by atoms with Gasteiger partial charge in [-0.1, -0.05) is 35.9 Å². The van der Waals surface area contributed by atoms with Crippen molar-refractivity contribution in [1.82, 2.24) is 15.3 Å². The molecule has 15 heteroatoms. The molecule has 1 saturated carbocycles. The second-order valence-electron chi connectivity index (χ2n) is 10.5. The van der Waals surface area contributed by atoms with Gasteiger partial charge in [-0.15, -0.1) is 0 Å². The first-order chi connectivity index (χ1) is 21.5. The van der Waals surface area contributed by atoms with E-state index in [1.54, 1.807) is 12.1 Å². The van der Waals surface area contributed by atoms with Gasteiger partial charge < -0.3 is 10.1 Å². The molecule has 2 aromatic carbocycles. The van der Waals surface area contributed by atoms with Crippen LogP contribution in [0.3, 0.4) is 0 Å². The molecule has 0 spiro atoms. The summed E-state index contributed by atoms with van der Waals surface area (Å²) >= 11 is 6.49. The molecule has 2 atom stereocenters. The first-order valence-corrected chi connectivity index (χ1v) is 14.2. The fourth-order valence-corrected chi connectivity index (χ4v) is 5.66. The van der Waals surface area contributed by atoms with Crippen LogP contribution in [-0.4, -0.2) is 52.3 Å². The van der Waals surface area contributed by atoms with Crippen LogP contribution in [0, 0.1) is 11.3 Å². The maximum Gasteiger partial charge on any atom is 0.387 e. The van der Waals surface area contributed by atoms with Gasteiger partial charge in [0, 0.05) is 66.3 Å². The van der Waals surface area contributed by atoms with Crippen molar-refractivity contribution in [3.63, 3.8) is 0 Å². The zero-order valence-electron chi connectivity index (χ0n) is 23.4. The third-order valence-electron chi connectivity index (χ3n) is 7.44. The highest BCUT2D eigenvalue weighted by molar-refractivity contribution is 6.31. The zero-order chi connectivity index (χ0) is 32.3. The van der Waals surface area contributed by atoms with E-state index >= 15 is 0 Å². The number of rotatable bonds is 10. The molecular weight excluding hydrogens is 620 g/mol. The van der Waals surface area contributed by atoms with Crippen LogP contribution in [0.1, 0.15) is 49.4 Å². The molecule has 2 fully saturated rings. The van der Waals surface area contributed by atoms with Crippen molar-refractivity contribution in [2.24, 2.45) is 0 Å². The molecule has 3 amide bonds. The molecule has 2 aliphatic rings. The Morgan fingerprint density at radius 2 is 1.93 bits per heavy atom. The van der Waals surface area contributed by atoms with Crippen molar-refractivity contribution in [2.45, 2.75) is 62.8 Å². The van der Waals surface area contributed by atoms with Crippen LogP contribution in [0.5, 0.6) is 5.75 Å². The minimum Gasteiger partial charge on any atom is -0.435 e. The Hall–Kier alpha value is -4.77. The molecule has 1 saturated heterocycles. The minimum atomic E-state index is -3.19. The number of carbonyl (C=O) groups excluding carboxylic acids is 3. The van der Waals surface area contributed by atoms with E-state index in [1.807, 2.05) is 6.07 Å². The quantitative estimate of drug-likeness (QED) is 0.301. The molecule has 1 aliphatic carbocycles. The van der Waals surface area contributed by atoms with Gasteiger partial charge in [0.05, 0.1) is 0 Å². The van der Waals surface area contributed by atoms with E-state index in [2.05, 4.69) is 20.0 Å². The van der Waals surface area contributed by atoms with Crippen molar-refractivity contribution in [3.8, 4) is 11.8 Å². The molecule has 0 unspecified atom stereocenters. The largest absolute Gasteiger partial charge is 0.435 e. The highest BCUT2D eigenvalue weighted by Gasteiger charge is 2.47. The van der Waals surface area contributed by atoms with E-state index in [-0.39, 0.29) is 52.9 Å². The zero-order valence-corrected chi connectivity index (χ0v) is 24.1. The smallest absolute Gasteiger partial charge is 0.387 e. The van der Waals surface area contributed by atoms with E-state index in [0.717, 1.165) is 11.0 Å². The lowest BCUT2D eigenvalue weighted by Gasteiger charge is -2.38. The number of alkyl halides is 4. The molecule has 1 N–H and O–H groups in total. The summed E-state index contributed by atoms with van der Waals surface area (Å²) in [6.07, 6.45) is -0.0378. The normalized spacial score (nSPS) is 18.2. The number of amides is 3. The van der Waals surface area contributed by atoms with Crippen LogP contribution in [0.4, 0.5) is 29.2 Å². The monoisotopic (exact) mass is 644 g/mol. The molecular formula is C30H25ClF4N6O4. The van der Waals surface area contributed by atoms with Gasteiger partial charge in [-0.05, 0) is 30.7 Å². The lowest BCUT2D eigenvalue weighted by molar-refractivity contribution is -0.133. The van der Waals surface area contributed by atoms with Crippen LogP contribution in [0.2, 0.25) is 5.02 Å². The average Bonchev–Trinajstić information content (AvgIpc) is 3.34. The van der Waals surface area contributed by atoms with Gasteiger partial charge in [0.2, 0.25) is 23.7 Å². The minimum absolute atomic E-state index is 0.000672. The Labute approximate surface area is 259 Å². The predicted octanol–water partition coefficient (Wildman–Crippen LogP) is 5.18. The van der Waals surface area contributed by atoms with E-state index in [9.17, 15) is 37.2 Å². The van der Waals surface area contributed by atoms with Gasteiger partial charge >= 0.3 is 6.61 Å². The maximum atomic E-state index is 14.3. The number of nitrogens with zero attached hydrogens (tertiary/aromatic N) is 5. The number of aromatic nitrogens is 2. The number of carbonyl (C=O) groups is 3. The summed E-state index contributed by atoms with van der Waals surface area (Å²) in [6, 6.07) is 11.2. The van der Waals surface area contributed by atoms with E-state index in [0.29, 0.717) is 0 Å². The highest BCUT2D eigenvalue weighted by Crippen LogP contribution is 2.40. The first-order valence-electron chi connectivity index (χ1n) is 13.8. The maximum absolute atomic E-state index is 14.3. The third-order valence-corrected chi connectivity index (χ3v) is 7.79. The fourth-order valence-electron chi connectivity index (χ4n) is 5.42. The number of nitriles is 1. The van der Waals surface area contributed by atoms with E-state index in [4.69, 9.17) is 11.6 Å². The topological polar surface area (TPSA) is 129 Å². The fraction of sp³-hybridized carbons (Fsp3) is 0.333. The Morgan fingerprint density at radius 1 is 1.18 bits per heavy atom. The molecule has 0 bridgehead atoms. The number of nitrogens with one attached hydrogen (secondary N) is 1. The van der Waals surface area contributed by atoms with Gasteiger partial charge in [0.15, 0.2) is 0 Å². The summed E-state index contributed by atoms with van der Waals surface area (Å²) in [5, 5.41) is 11.9. The van der Waals surface area contributed by atoms with Gasteiger partial charge in [0.25, 0.3) is 5.92 Å². The van der Waals surface area contributed by atoms with Crippen LogP contribution >= 0.6 is 11.6 Å². The summed E-state index contributed by atoms with van der Waals surface area (Å²) in [5.74, 6) is -5.30. The molecule has 5 rings (SSSR count). The SMILES string of the molecule is N#Cc1ccnc(N2C(=O)CC[C@H]2CC(=O)N(c2cccc(OC(F)F)c2)[C@H](C(=O)NC2CC(F)(F)C2)c2ccccc2Cl)n1. The molecule has 0 radical (unpaired) electrons. The van der Waals surface area contributed by atoms with Gasteiger partial charge in [-0.3, -0.25) is 24.2 Å². The van der Waals surface area contributed by atoms with Gasteiger partial charge in [-0.25, -0.2) is 18.7 Å². The average molecular weight is 645 g/mol. The number of ether oxygens (including phenoxy) is 1. The summed E-state index contributed by atoms with van der Waals surface area (Å²) in [5.41, 5.74) is 0.107. The number of benzene rings is 2. The van der Waals surface area contributed by atoms with Crippen molar-refractivity contribution in [3.05, 3.63) is 77.1 Å². The number of hydrogen-bond donors (Lipinski definition) is 1. The van der Waals surface area contributed by atoms with Crippen LogP contribution < -0.4 is 19.9 Å². The predicted molar refractivity (Wildman–Crippen MR) is 153 cm³/mol. The molecule has 10 nitrogen and oxygen atoms in total. The van der Waals surface area contributed by atoms with Gasteiger partial charge in [0.1, 0.15) is 23.6 Å². The van der Waals surface area contributed by atoms with E-state index < -0.39 is 61.2 Å². The highest BCUT2D eigenvalue weighted by atomic mass is 35.5. The van der Waals surface area contributed by atoms with Crippen molar-refractivity contribution < 1.29 is 36.7 Å². The number of anilines is 2. The standard InChI is InChI=1S/C30H25ClF4N6O4/c31-23-7-2-1-6-22(23)26(27(44)38-18-14-30(34,35)15-18)40(19-4-3-5-21(12-19)45-28(32)33)25(43)13-20-8-9-24(42)41(20)29-37-11-10-17(16-36)39-29/h1-7,10-12,18,20,26,28H,8-9,13-15H2,(H,38,44)/t20-,26-/m0/s1. The number of halogens is 5.